The second-order valence-corrected chi connectivity index (χ2v) is 14.2. The van der Waals surface area contributed by atoms with Crippen LogP contribution in [-0.4, -0.2) is 149 Å². The summed E-state index contributed by atoms with van der Waals surface area (Å²) in [5.74, 6) is -0.553. The van der Waals surface area contributed by atoms with E-state index >= 15 is 0 Å². The second kappa shape index (κ2) is 30.9. The molecule has 2 amide bonds. The van der Waals surface area contributed by atoms with Crippen molar-refractivity contribution in [2.75, 3.05) is 107 Å². The lowest BCUT2D eigenvalue weighted by molar-refractivity contribution is -0.123. The number of nitrogens with zero attached hydrogens (tertiary/aromatic N) is 4. The number of hydrogen-bond donors (Lipinski definition) is 2. The molecule has 2 aromatic rings. The van der Waals surface area contributed by atoms with Gasteiger partial charge in [0.2, 0.25) is 11.8 Å². The SMILES string of the molecule is COCCOCCOCCOC[C@H](C)NC(=O)CCn1cc(C)c(=O)n(CCCCn2c(=O)c(C)cn(CCC(=O)N[C@@H](C)COCCOCCOCCOC)c2=O)c1=O. The molecular weight excluding hydrogens is 788 g/mol. The molecule has 2 atom stereocenters. The third-order valence-electron chi connectivity index (χ3n) is 8.89. The Balaban J connectivity index is 1.79. The molecule has 0 fully saturated rings. The zero-order valence-corrected chi connectivity index (χ0v) is 36.4. The standard InChI is InChI=1S/C40H68N6O14/c1-31-27-43(13-9-35(47)41-33(3)29-59-25-23-57-21-19-55-17-15-53-5)39(51)45(37(31)49)11-7-8-12-46-38(50)32(2)28-44(40(46)52)14-10-36(48)42-34(4)30-60-26-24-58-22-20-56-18-16-54-6/h27-28,33-34H,7-26,29-30H2,1-6H3,(H,41,47)(H,42,48)/t33-,34-/m0/s1. The molecule has 0 saturated heterocycles. The number of methoxy groups -OCH3 is 2. The van der Waals surface area contributed by atoms with Gasteiger partial charge in [-0.15, -0.1) is 0 Å². The molecule has 0 bridgehead atoms. The minimum atomic E-state index is -0.558. The number of ether oxygens (including phenoxy) is 8. The summed E-state index contributed by atoms with van der Waals surface area (Å²) >= 11 is 0. The Morgan fingerprint density at radius 3 is 1.17 bits per heavy atom. The number of amides is 2. The normalized spacial score (nSPS) is 12.4. The number of carbonyl (C=O) groups is 2. The van der Waals surface area contributed by atoms with E-state index in [9.17, 15) is 28.8 Å². The summed E-state index contributed by atoms with van der Waals surface area (Å²) in [6.45, 7) is 13.0. The predicted octanol–water partition coefficient (Wildman–Crippen LogP) is -0.387. The van der Waals surface area contributed by atoms with E-state index in [0.29, 0.717) is 103 Å². The fraction of sp³-hybridized carbons (Fsp3) is 0.750. The van der Waals surface area contributed by atoms with Gasteiger partial charge in [-0.3, -0.25) is 37.4 Å². The van der Waals surface area contributed by atoms with Crippen LogP contribution in [0.15, 0.2) is 31.6 Å². The highest BCUT2D eigenvalue weighted by atomic mass is 16.6. The molecule has 0 aliphatic heterocycles. The lowest BCUT2D eigenvalue weighted by atomic mass is 10.2. The van der Waals surface area contributed by atoms with Gasteiger partial charge in [-0.05, 0) is 40.5 Å². The highest BCUT2D eigenvalue weighted by Crippen LogP contribution is 1.99. The number of aryl methyl sites for hydroxylation is 4. The zero-order valence-electron chi connectivity index (χ0n) is 36.4. The van der Waals surface area contributed by atoms with Gasteiger partial charge in [-0.25, -0.2) is 9.59 Å². The molecule has 2 aromatic heterocycles. The largest absolute Gasteiger partial charge is 0.382 e. The van der Waals surface area contributed by atoms with Crippen molar-refractivity contribution in [1.82, 2.24) is 28.9 Å². The maximum absolute atomic E-state index is 13.3. The number of aromatic nitrogens is 4. The van der Waals surface area contributed by atoms with Gasteiger partial charge in [-0.1, -0.05) is 0 Å². The van der Waals surface area contributed by atoms with Gasteiger partial charge in [0.05, 0.1) is 92.5 Å². The van der Waals surface area contributed by atoms with Crippen LogP contribution in [0.5, 0.6) is 0 Å². The third-order valence-corrected chi connectivity index (χ3v) is 8.89. The Hall–Kier alpha value is -4.02. The molecule has 0 aliphatic rings. The van der Waals surface area contributed by atoms with Crippen molar-refractivity contribution in [3.63, 3.8) is 0 Å². The number of carbonyl (C=O) groups excluding carboxylic acids is 2. The van der Waals surface area contributed by atoms with Crippen LogP contribution >= 0.6 is 0 Å². The van der Waals surface area contributed by atoms with Crippen LogP contribution in [-0.2, 0) is 73.7 Å². The quantitative estimate of drug-likeness (QED) is 0.0845. The van der Waals surface area contributed by atoms with Crippen molar-refractivity contribution < 1.29 is 47.5 Å². The minimum Gasteiger partial charge on any atom is -0.382 e. The highest BCUT2D eigenvalue weighted by molar-refractivity contribution is 5.76. The molecular formula is C40H68N6O14. The van der Waals surface area contributed by atoms with Crippen LogP contribution in [0, 0.1) is 13.8 Å². The molecule has 20 heteroatoms. The maximum Gasteiger partial charge on any atom is 0.330 e. The van der Waals surface area contributed by atoms with Gasteiger partial charge in [-0.2, -0.15) is 0 Å². The Kier molecular flexibility index (Phi) is 26.9. The van der Waals surface area contributed by atoms with Gasteiger partial charge < -0.3 is 48.5 Å². The van der Waals surface area contributed by atoms with Crippen molar-refractivity contribution in [1.29, 1.82) is 0 Å². The van der Waals surface area contributed by atoms with E-state index in [4.69, 9.17) is 37.9 Å². The molecule has 342 valence electrons. The maximum atomic E-state index is 13.3. The van der Waals surface area contributed by atoms with Gasteiger partial charge in [0.15, 0.2) is 0 Å². The lowest BCUT2D eigenvalue weighted by Crippen LogP contribution is -2.43. The topological polar surface area (TPSA) is 220 Å². The first-order chi connectivity index (χ1) is 28.9. The fourth-order valence-electron chi connectivity index (χ4n) is 5.76. The summed E-state index contributed by atoms with van der Waals surface area (Å²) in [5, 5.41) is 5.69. The van der Waals surface area contributed by atoms with E-state index in [1.54, 1.807) is 28.1 Å². The van der Waals surface area contributed by atoms with Crippen LogP contribution in [0.3, 0.4) is 0 Å². The van der Waals surface area contributed by atoms with Crippen LogP contribution in [0.4, 0.5) is 0 Å². The number of nitrogens with one attached hydrogen (secondary N) is 2. The molecule has 0 radical (unpaired) electrons. The number of unbranched alkanes of at least 4 members (excludes halogenated alkanes) is 1. The van der Waals surface area contributed by atoms with Gasteiger partial charge >= 0.3 is 11.4 Å². The first kappa shape index (κ1) is 52.1. The Labute approximate surface area is 351 Å². The van der Waals surface area contributed by atoms with Crippen LogP contribution in [0.1, 0.15) is 50.7 Å². The molecule has 2 heterocycles. The monoisotopic (exact) mass is 856 g/mol. The summed E-state index contributed by atoms with van der Waals surface area (Å²) in [5.41, 5.74) is -1.34. The van der Waals surface area contributed by atoms with Crippen molar-refractivity contribution in [3.8, 4) is 0 Å². The molecule has 0 unspecified atom stereocenters. The smallest absolute Gasteiger partial charge is 0.330 e. The van der Waals surface area contributed by atoms with Crippen molar-refractivity contribution in [2.45, 2.75) is 91.6 Å². The fourth-order valence-corrected chi connectivity index (χ4v) is 5.76. The van der Waals surface area contributed by atoms with E-state index < -0.39 is 22.5 Å². The summed E-state index contributed by atoms with van der Waals surface area (Å²) in [4.78, 5) is 77.7. The molecule has 2 N–H and O–H groups in total. The van der Waals surface area contributed by atoms with E-state index in [2.05, 4.69) is 10.6 Å². The average molecular weight is 857 g/mol. The minimum absolute atomic E-state index is 0.00909. The van der Waals surface area contributed by atoms with Crippen molar-refractivity contribution in [3.05, 3.63) is 65.2 Å². The second-order valence-electron chi connectivity index (χ2n) is 14.2. The summed E-state index contributed by atoms with van der Waals surface area (Å²) in [6, 6.07) is -0.543. The van der Waals surface area contributed by atoms with E-state index in [-0.39, 0.29) is 76.1 Å². The average Bonchev–Trinajstić information content (AvgIpc) is 3.21. The molecule has 0 spiro atoms. The third kappa shape index (κ3) is 21.0. The van der Waals surface area contributed by atoms with Crippen LogP contribution < -0.4 is 33.1 Å². The van der Waals surface area contributed by atoms with E-state index in [1.165, 1.54) is 21.5 Å². The summed E-state index contributed by atoms with van der Waals surface area (Å²) in [7, 11) is 3.22. The molecule has 2 rings (SSSR count). The molecule has 20 nitrogen and oxygen atoms in total. The Morgan fingerprint density at radius 2 is 0.833 bits per heavy atom. The number of rotatable bonds is 35. The highest BCUT2D eigenvalue weighted by Gasteiger charge is 2.15. The van der Waals surface area contributed by atoms with E-state index in [1.807, 2.05) is 13.8 Å². The zero-order chi connectivity index (χ0) is 44.1. The van der Waals surface area contributed by atoms with Crippen molar-refractivity contribution in [2.24, 2.45) is 0 Å². The lowest BCUT2D eigenvalue weighted by Gasteiger charge is -2.16. The first-order valence-corrected chi connectivity index (χ1v) is 20.5. The summed E-state index contributed by atoms with van der Waals surface area (Å²) in [6.07, 6.45) is 3.54. The van der Waals surface area contributed by atoms with Gasteiger partial charge in [0.1, 0.15) is 0 Å². The van der Waals surface area contributed by atoms with Crippen LogP contribution in [0.25, 0.3) is 0 Å². The van der Waals surface area contributed by atoms with Gasteiger partial charge in [0.25, 0.3) is 11.1 Å². The first-order valence-electron chi connectivity index (χ1n) is 20.5. The molecule has 60 heavy (non-hydrogen) atoms. The van der Waals surface area contributed by atoms with Crippen molar-refractivity contribution >= 4 is 11.8 Å². The van der Waals surface area contributed by atoms with Crippen LogP contribution in [0.2, 0.25) is 0 Å². The predicted molar refractivity (Wildman–Crippen MR) is 222 cm³/mol. The molecule has 0 aliphatic carbocycles. The number of hydrogen-bond acceptors (Lipinski definition) is 14. The van der Waals surface area contributed by atoms with E-state index in [0.717, 1.165) is 9.13 Å². The molecule has 0 saturated carbocycles. The summed E-state index contributed by atoms with van der Waals surface area (Å²) < 4.78 is 47.3. The molecule has 0 aromatic carbocycles. The van der Waals surface area contributed by atoms with Gasteiger partial charge in [0, 0.05) is 88.8 Å². The Morgan fingerprint density at radius 1 is 0.517 bits per heavy atom. The Bertz CT molecular complexity index is 1650.